The molecule has 0 aliphatic carbocycles. The Kier molecular flexibility index (Phi) is 37.6. The van der Waals surface area contributed by atoms with Crippen molar-refractivity contribution in [2.75, 3.05) is 13.2 Å². The van der Waals surface area contributed by atoms with Gasteiger partial charge in [-0.2, -0.15) is 18.2 Å². The second kappa shape index (κ2) is 34.8. The van der Waals surface area contributed by atoms with Gasteiger partial charge in [-0.05, 0) is 109 Å². The van der Waals surface area contributed by atoms with Gasteiger partial charge >= 0.3 is 46.1 Å². The van der Waals surface area contributed by atoms with Crippen LogP contribution in [-0.2, 0) is 4.74 Å². The third-order valence-corrected chi connectivity index (χ3v) is 32.4. The summed E-state index contributed by atoms with van der Waals surface area (Å²) in [5.74, 6) is 3.14. The van der Waals surface area contributed by atoms with Crippen molar-refractivity contribution in [3.63, 3.8) is 0 Å². The largest absolute Gasteiger partial charge is 2.00 e. The van der Waals surface area contributed by atoms with Crippen LogP contribution < -0.4 is 35.4 Å². The van der Waals surface area contributed by atoms with Gasteiger partial charge in [0.1, 0.15) is 11.5 Å². The molecule has 0 spiro atoms. The summed E-state index contributed by atoms with van der Waals surface area (Å²) >= 11 is 3.43. The maximum atomic E-state index is 6.47. The fourth-order valence-corrected chi connectivity index (χ4v) is 18.9. The molecule has 4 nitrogen and oxygen atoms in total. The van der Waals surface area contributed by atoms with Gasteiger partial charge in [-0.25, -0.2) is 0 Å². The van der Waals surface area contributed by atoms with Crippen LogP contribution in [0.2, 0.25) is 72.5 Å². The summed E-state index contributed by atoms with van der Waals surface area (Å²) in [6, 6.07) is 43.0. The Morgan fingerprint density at radius 2 is 0.776 bits per heavy atom. The Bertz CT molecular complexity index is 1340. The van der Waals surface area contributed by atoms with Crippen molar-refractivity contribution < 1.29 is 37.8 Å². The van der Waals surface area contributed by atoms with Gasteiger partial charge in [0, 0.05) is 17.7 Å². The van der Waals surface area contributed by atoms with E-state index < -0.39 is 33.0 Å². The Morgan fingerprint density at radius 3 is 1.03 bits per heavy atom. The molecule has 324 valence electrons. The Hall–Kier alpha value is 0.380. The monoisotopic (exact) mass is 1020 g/mol. The van der Waals surface area contributed by atoms with E-state index in [0.717, 1.165) is 34.9 Å². The average molecular weight is 1020 g/mol. The number of hydrogen-bond acceptors (Lipinski definition) is 4. The smallest absolute Gasteiger partial charge is 1.00 e. The van der Waals surface area contributed by atoms with Crippen LogP contribution >= 0.6 is 15.9 Å². The molecule has 0 atom stereocenters. The summed E-state index contributed by atoms with van der Waals surface area (Å²) in [7, 11) is -5.74. The van der Waals surface area contributed by atoms with Crippen LogP contribution in [0.3, 0.4) is 0 Å². The van der Waals surface area contributed by atoms with Crippen LogP contribution in [0.15, 0.2) is 77.3 Å². The van der Waals surface area contributed by atoms with E-state index in [2.05, 4.69) is 129 Å². The van der Waals surface area contributed by atoms with E-state index in [9.17, 15) is 0 Å². The molecular formula is C46H82Br2Mg2O4Si4. The molecule has 4 rings (SSSR count). The van der Waals surface area contributed by atoms with Crippen LogP contribution in [0, 0.1) is 6.07 Å². The molecule has 0 saturated carbocycles. The zero-order valence-corrected chi connectivity index (χ0v) is 49.0. The van der Waals surface area contributed by atoms with Gasteiger partial charge in [0.2, 0.25) is 25.0 Å². The van der Waals surface area contributed by atoms with E-state index in [1.165, 1.54) is 85.4 Å². The molecule has 1 heterocycles. The normalized spacial score (nSPS) is 12.3. The molecule has 0 radical (unpaired) electrons. The molecule has 3 aromatic rings. The first kappa shape index (κ1) is 62.7. The van der Waals surface area contributed by atoms with Gasteiger partial charge in [0.25, 0.3) is 0 Å². The zero-order chi connectivity index (χ0) is 41.2. The van der Waals surface area contributed by atoms with E-state index in [-0.39, 0.29) is 65.9 Å². The molecule has 0 unspecified atom stereocenters. The number of benzene rings is 3. The SMILES string of the molecule is C1CCOC1.CC[Si](CC)(CC)Oc1cc[c-]cc1.CC[Si](CC)(CC)Oc1ccc(Br)cc1.CC[Si](CC)(CC)Oc1ccc([Si](CC)(CC)CC)cc1.[Br-].[H-].[H-].[Mg+2].[Mg+2]. The zero-order valence-electron chi connectivity index (χ0n) is 41.0. The topological polar surface area (TPSA) is 36.9 Å². The van der Waals surface area contributed by atoms with Crippen molar-refractivity contribution in [1.82, 2.24) is 0 Å². The predicted molar refractivity (Wildman–Crippen MR) is 270 cm³/mol. The van der Waals surface area contributed by atoms with E-state index in [0.29, 0.717) is 0 Å². The van der Waals surface area contributed by atoms with Gasteiger partial charge in [-0.15, -0.1) is 12.1 Å². The van der Waals surface area contributed by atoms with Gasteiger partial charge in [0.15, 0.2) is 0 Å². The van der Waals surface area contributed by atoms with E-state index in [1.807, 2.05) is 48.5 Å². The summed E-state index contributed by atoms with van der Waals surface area (Å²) in [5, 5.41) is 1.61. The van der Waals surface area contributed by atoms with Gasteiger partial charge in [-0.1, -0.05) is 134 Å². The fraction of sp³-hybridized carbons (Fsp3) is 0.609. The van der Waals surface area contributed by atoms with E-state index in [4.69, 9.17) is 18.0 Å². The number of halogens is 2. The summed E-state index contributed by atoms with van der Waals surface area (Å²) in [6.07, 6.45) is 2.56. The minimum absolute atomic E-state index is 0. The fourth-order valence-electron chi connectivity index (χ4n) is 7.34. The molecule has 0 aromatic heterocycles. The minimum Gasteiger partial charge on any atom is -1.00 e. The quantitative estimate of drug-likeness (QED) is 0.0886. The molecule has 0 bridgehead atoms. The number of rotatable bonds is 19. The van der Waals surface area contributed by atoms with E-state index >= 15 is 0 Å². The van der Waals surface area contributed by atoms with Crippen LogP contribution in [0.1, 0.15) is 98.8 Å². The second-order valence-electron chi connectivity index (χ2n) is 14.9. The first-order valence-corrected chi connectivity index (χ1v) is 32.9. The molecule has 0 amide bonds. The van der Waals surface area contributed by atoms with Gasteiger partial charge in [0.05, 0.1) is 8.07 Å². The molecular weight excluding hydrogens is 937 g/mol. The standard InChI is InChI=1S/C18H34OSi2.C12H19BrOSi.C12H19OSi.C4H8O.BrH.2Mg.2H/c1-7-20(8-2,9-3)18-15-13-17(14-16-18)19-21(10-4,11-5)12-6;1-4-15(5-2,6-3)14-12-9-7-11(13)8-10-12;1-4-14(5-2,6-3)13-12-10-8-7-9-11-12;1-2-4-5-3-1;;;;;/h13-16H,7-12H2,1-6H3;7-10H,4-6H2,1-3H3;8-11H,4-6H2,1-3H3;1-4H2;1H;;;;/q;;-1;;;2*+2;2*-1/p-1. The Morgan fingerprint density at radius 1 is 0.483 bits per heavy atom. The van der Waals surface area contributed by atoms with Gasteiger partial charge in [-0.3, -0.25) is 0 Å². The Balaban J connectivity index is -0.000000232. The van der Waals surface area contributed by atoms with Crippen molar-refractivity contribution in [1.29, 1.82) is 0 Å². The molecule has 58 heavy (non-hydrogen) atoms. The maximum Gasteiger partial charge on any atom is 2.00 e. The molecule has 1 fully saturated rings. The third kappa shape index (κ3) is 21.2. The van der Waals surface area contributed by atoms with Crippen molar-refractivity contribution in [3.05, 3.63) is 83.3 Å². The van der Waals surface area contributed by atoms with Crippen LogP contribution in [-0.4, -0.2) is 92.3 Å². The number of ether oxygens (including phenoxy) is 1. The Labute approximate surface area is 416 Å². The first-order chi connectivity index (χ1) is 26.5. The molecule has 12 heteroatoms. The third-order valence-electron chi connectivity index (χ3n) is 12.6. The predicted octanol–water partition coefficient (Wildman–Crippen LogP) is 11.8. The second-order valence-corrected chi connectivity index (χ2v) is 35.2. The molecule has 1 saturated heterocycles. The summed E-state index contributed by atoms with van der Waals surface area (Å²) < 4.78 is 24.9. The van der Waals surface area contributed by atoms with Crippen LogP contribution in [0.25, 0.3) is 0 Å². The first-order valence-electron chi connectivity index (χ1n) is 21.9. The molecule has 3 aromatic carbocycles. The summed E-state index contributed by atoms with van der Waals surface area (Å²) in [6.45, 7) is 29.4. The van der Waals surface area contributed by atoms with Crippen molar-refractivity contribution in [2.24, 2.45) is 0 Å². The molecule has 1 aliphatic heterocycles. The van der Waals surface area contributed by atoms with Gasteiger partial charge < -0.3 is 37.8 Å². The summed E-state index contributed by atoms with van der Waals surface area (Å²) in [4.78, 5) is 0. The van der Waals surface area contributed by atoms with Crippen molar-refractivity contribution >= 4 is 100 Å². The number of hydrogen-bond donors (Lipinski definition) is 0. The molecule has 1 aliphatic rings. The van der Waals surface area contributed by atoms with E-state index in [1.54, 1.807) is 5.19 Å². The van der Waals surface area contributed by atoms with Crippen molar-refractivity contribution in [2.45, 2.75) is 168 Å². The molecule has 0 N–H and O–H groups in total. The van der Waals surface area contributed by atoms with Crippen LogP contribution in [0.4, 0.5) is 0 Å². The summed E-state index contributed by atoms with van der Waals surface area (Å²) in [5.41, 5.74) is 0. The maximum absolute atomic E-state index is 6.47. The average Bonchev–Trinajstić information content (AvgIpc) is 3.85. The van der Waals surface area contributed by atoms with Crippen molar-refractivity contribution in [3.8, 4) is 17.2 Å². The van der Waals surface area contributed by atoms with Crippen LogP contribution in [0.5, 0.6) is 17.2 Å². The minimum atomic E-state index is -1.54.